The first kappa shape index (κ1) is 24.0. The molecule has 3 aliphatic rings. The number of anilines is 3. The molecule has 36 heavy (non-hydrogen) atoms. The van der Waals surface area contributed by atoms with E-state index in [9.17, 15) is 0 Å². The normalized spacial score (nSPS) is 26.3. The van der Waals surface area contributed by atoms with Crippen molar-refractivity contribution >= 4 is 39.2 Å². The fraction of sp³-hybridized carbons (Fsp3) is 0.680. The number of nitrogens with one attached hydrogen (secondary N) is 3. The number of rotatable bonds is 6. The molecule has 1 unspecified atom stereocenters. The number of aryl methyl sites for hydroxylation is 1. The van der Waals surface area contributed by atoms with Crippen molar-refractivity contribution in [2.45, 2.75) is 76.5 Å². The molecule has 2 saturated heterocycles. The van der Waals surface area contributed by atoms with E-state index in [1.807, 2.05) is 24.0 Å². The highest BCUT2D eigenvalue weighted by molar-refractivity contribution is 7.13. The standard InChI is InChI=1S/C25H37N9OS/c1-16-14-33(10-9-26-16)20-5-3-18(4-6-20)28-23-22-17(2)32-36-24(22)31-25(30-23)29-19-13-27-34(15-19)21-7-11-35-12-8-21/h13,15-16,18,20-21,26H,3-12,14H2,1-2H3,(H2,28,29,30,31)/t16?,18-,20-. The second kappa shape index (κ2) is 10.6. The largest absolute Gasteiger partial charge is 0.381 e. The molecule has 10 nitrogen and oxygen atoms in total. The van der Waals surface area contributed by atoms with Crippen LogP contribution < -0.4 is 16.0 Å². The molecule has 0 spiro atoms. The van der Waals surface area contributed by atoms with E-state index in [2.05, 4.69) is 37.2 Å². The van der Waals surface area contributed by atoms with Crippen LogP contribution in [-0.2, 0) is 4.74 Å². The van der Waals surface area contributed by atoms with Gasteiger partial charge in [-0.1, -0.05) is 0 Å². The quantitative estimate of drug-likeness (QED) is 0.457. The van der Waals surface area contributed by atoms with Crippen LogP contribution in [0.5, 0.6) is 0 Å². The molecule has 1 aliphatic carbocycles. The molecule has 3 aromatic heterocycles. The summed E-state index contributed by atoms with van der Waals surface area (Å²) in [5.41, 5.74) is 1.89. The maximum atomic E-state index is 5.49. The summed E-state index contributed by atoms with van der Waals surface area (Å²) in [7, 11) is 0. The third-order valence-corrected chi connectivity index (χ3v) is 8.72. The zero-order valence-electron chi connectivity index (χ0n) is 21.2. The van der Waals surface area contributed by atoms with Crippen molar-refractivity contribution in [1.29, 1.82) is 0 Å². The summed E-state index contributed by atoms with van der Waals surface area (Å²) in [4.78, 5) is 13.3. The molecule has 0 bridgehead atoms. The maximum absolute atomic E-state index is 5.49. The van der Waals surface area contributed by atoms with E-state index in [1.165, 1.54) is 30.9 Å². The van der Waals surface area contributed by atoms with Crippen LogP contribution >= 0.6 is 11.5 Å². The zero-order chi connectivity index (χ0) is 24.5. The third kappa shape index (κ3) is 5.20. The van der Waals surface area contributed by atoms with Gasteiger partial charge >= 0.3 is 0 Å². The molecule has 2 aliphatic heterocycles. The lowest BCUT2D eigenvalue weighted by Crippen LogP contribution is -2.53. The first-order chi connectivity index (χ1) is 17.6. The van der Waals surface area contributed by atoms with Gasteiger partial charge in [-0.05, 0) is 63.9 Å². The summed E-state index contributed by atoms with van der Waals surface area (Å²) in [5.74, 6) is 1.48. The fourth-order valence-electron chi connectivity index (χ4n) is 5.90. The van der Waals surface area contributed by atoms with Crippen molar-refractivity contribution in [2.24, 2.45) is 0 Å². The minimum atomic E-state index is 0.388. The van der Waals surface area contributed by atoms with Crippen molar-refractivity contribution < 1.29 is 4.74 Å². The van der Waals surface area contributed by atoms with E-state index in [-0.39, 0.29) is 0 Å². The van der Waals surface area contributed by atoms with Gasteiger partial charge in [0.1, 0.15) is 5.82 Å². The molecule has 0 aromatic carbocycles. The number of nitrogens with zero attached hydrogens (tertiary/aromatic N) is 6. The summed E-state index contributed by atoms with van der Waals surface area (Å²) < 4.78 is 12.1. The Bertz CT molecular complexity index is 1170. The Morgan fingerprint density at radius 1 is 1.08 bits per heavy atom. The Morgan fingerprint density at radius 2 is 1.92 bits per heavy atom. The predicted molar refractivity (Wildman–Crippen MR) is 143 cm³/mol. The van der Waals surface area contributed by atoms with Gasteiger partial charge in [-0.2, -0.15) is 19.4 Å². The van der Waals surface area contributed by atoms with E-state index in [0.29, 0.717) is 30.1 Å². The molecule has 0 radical (unpaired) electrons. The van der Waals surface area contributed by atoms with Gasteiger partial charge in [0, 0.05) is 57.2 Å². The fourth-order valence-corrected chi connectivity index (χ4v) is 6.68. The van der Waals surface area contributed by atoms with E-state index in [1.54, 1.807) is 0 Å². The van der Waals surface area contributed by atoms with Gasteiger partial charge in [0.2, 0.25) is 5.95 Å². The summed E-state index contributed by atoms with van der Waals surface area (Å²) in [6.45, 7) is 9.35. The van der Waals surface area contributed by atoms with Gasteiger partial charge in [-0.3, -0.25) is 9.58 Å². The molecule has 5 heterocycles. The second-order valence-electron chi connectivity index (χ2n) is 10.5. The highest BCUT2D eigenvalue weighted by Gasteiger charge is 2.29. The maximum Gasteiger partial charge on any atom is 0.230 e. The van der Waals surface area contributed by atoms with Crippen LogP contribution in [0.15, 0.2) is 12.4 Å². The van der Waals surface area contributed by atoms with E-state index in [0.717, 1.165) is 79.4 Å². The average molecular weight is 512 g/mol. The van der Waals surface area contributed by atoms with Crippen LogP contribution in [0.4, 0.5) is 17.5 Å². The molecule has 194 valence electrons. The van der Waals surface area contributed by atoms with Crippen molar-refractivity contribution in [1.82, 2.24) is 34.3 Å². The number of aromatic nitrogens is 5. The van der Waals surface area contributed by atoms with Gasteiger partial charge in [0.05, 0.1) is 29.0 Å². The molecular formula is C25H37N9OS. The average Bonchev–Trinajstić information content (AvgIpc) is 3.52. The Hall–Kier alpha value is -2.34. The van der Waals surface area contributed by atoms with Crippen LogP contribution in [-0.4, -0.2) is 80.0 Å². The SMILES string of the molecule is Cc1nsc2nc(Nc3cnn(C4CCOCC4)c3)nc(N[C@H]3CC[C@H](N4CCNC(C)C4)CC3)c12. The van der Waals surface area contributed by atoms with Gasteiger partial charge in [-0.15, -0.1) is 0 Å². The third-order valence-electron chi connectivity index (χ3n) is 7.88. The topological polar surface area (TPSA) is 105 Å². The number of ether oxygens (including phenoxy) is 1. The Morgan fingerprint density at radius 3 is 2.72 bits per heavy atom. The minimum Gasteiger partial charge on any atom is -0.381 e. The van der Waals surface area contributed by atoms with Crippen LogP contribution in [0, 0.1) is 6.92 Å². The molecule has 3 N–H and O–H groups in total. The number of fused-ring (bicyclic) bond motifs is 1. The van der Waals surface area contributed by atoms with Gasteiger partial charge < -0.3 is 20.7 Å². The van der Waals surface area contributed by atoms with Gasteiger partial charge in [0.15, 0.2) is 4.83 Å². The lowest BCUT2D eigenvalue weighted by Gasteiger charge is -2.41. The smallest absolute Gasteiger partial charge is 0.230 e. The molecule has 6 rings (SSSR count). The number of hydrogen-bond acceptors (Lipinski definition) is 10. The number of hydrogen-bond donors (Lipinski definition) is 3. The van der Waals surface area contributed by atoms with E-state index in [4.69, 9.17) is 14.7 Å². The highest BCUT2D eigenvalue weighted by Crippen LogP contribution is 2.32. The molecule has 11 heteroatoms. The second-order valence-corrected chi connectivity index (χ2v) is 11.3. The van der Waals surface area contributed by atoms with E-state index >= 15 is 0 Å². The molecule has 3 aromatic rings. The zero-order valence-corrected chi connectivity index (χ0v) is 22.1. The minimum absolute atomic E-state index is 0.388. The van der Waals surface area contributed by atoms with Gasteiger partial charge in [-0.25, -0.2) is 0 Å². The van der Waals surface area contributed by atoms with Crippen molar-refractivity contribution in [3.63, 3.8) is 0 Å². The number of piperazine rings is 1. The van der Waals surface area contributed by atoms with Crippen molar-refractivity contribution in [3.8, 4) is 0 Å². The molecular weight excluding hydrogens is 474 g/mol. The summed E-state index contributed by atoms with van der Waals surface area (Å²) >= 11 is 1.43. The summed E-state index contributed by atoms with van der Waals surface area (Å²) in [6, 6.07) is 2.10. The molecule has 3 fully saturated rings. The highest BCUT2D eigenvalue weighted by atomic mass is 32.1. The van der Waals surface area contributed by atoms with Crippen LogP contribution in [0.2, 0.25) is 0 Å². The first-order valence-electron chi connectivity index (χ1n) is 13.4. The van der Waals surface area contributed by atoms with Crippen LogP contribution in [0.3, 0.4) is 0 Å². The van der Waals surface area contributed by atoms with Gasteiger partial charge in [0.25, 0.3) is 0 Å². The Labute approximate surface area is 216 Å². The molecule has 1 atom stereocenters. The molecule has 0 amide bonds. The van der Waals surface area contributed by atoms with Crippen molar-refractivity contribution in [2.75, 3.05) is 43.5 Å². The van der Waals surface area contributed by atoms with Crippen LogP contribution in [0.1, 0.15) is 57.2 Å². The Kier molecular flexibility index (Phi) is 7.05. The van der Waals surface area contributed by atoms with Crippen molar-refractivity contribution in [3.05, 3.63) is 18.1 Å². The lowest BCUT2D eigenvalue weighted by atomic mass is 9.89. The first-order valence-corrected chi connectivity index (χ1v) is 14.2. The Balaban J connectivity index is 1.15. The van der Waals surface area contributed by atoms with E-state index < -0.39 is 0 Å². The lowest BCUT2D eigenvalue weighted by molar-refractivity contribution is 0.0662. The monoisotopic (exact) mass is 511 g/mol. The predicted octanol–water partition coefficient (Wildman–Crippen LogP) is 3.70. The molecule has 1 saturated carbocycles. The summed E-state index contributed by atoms with van der Waals surface area (Å²) in [6.07, 6.45) is 10.7. The van der Waals surface area contributed by atoms with Crippen LogP contribution in [0.25, 0.3) is 10.2 Å². The summed E-state index contributed by atoms with van der Waals surface area (Å²) in [5, 5.41) is 16.3.